The SMILES string of the molecule is Cc1cc2c(o1)CCC2(CN)CC(=O)O. The quantitative estimate of drug-likeness (QED) is 0.784. The fraction of sp³-hybridized carbons (Fsp3) is 0.545. The largest absolute Gasteiger partial charge is 0.481 e. The van der Waals surface area contributed by atoms with Crippen molar-refractivity contribution in [1.29, 1.82) is 0 Å². The Labute approximate surface area is 88.1 Å². The molecule has 1 atom stereocenters. The molecule has 0 aromatic carbocycles. The van der Waals surface area contributed by atoms with Crippen molar-refractivity contribution in [2.75, 3.05) is 6.54 Å². The monoisotopic (exact) mass is 209 g/mol. The lowest BCUT2D eigenvalue weighted by Gasteiger charge is -2.25. The van der Waals surface area contributed by atoms with E-state index < -0.39 is 11.4 Å². The fourth-order valence-electron chi connectivity index (χ4n) is 2.44. The van der Waals surface area contributed by atoms with Crippen LogP contribution in [0, 0.1) is 6.92 Å². The van der Waals surface area contributed by atoms with Crippen molar-refractivity contribution in [3.05, 3.63) is 23.2 Å². The lowest BCUT2D eigenvalue weighted by Crippen LogP contribution is -2.35. The Bertz CT molecular complexity index is 397. The zero-order valence-electron chi connectivity index (χ0n) is 8.75. The second-order valence-electron chi connectivity index (χ2n) is 4.25. The summed E-state index contributed by atoms with van der Waals surface area (Å²) in [6.07, 6.45) is 1.67. The number of aryl methyl sites for hydroxylation is 2. The summed E-state index contributed by atoms with van der Waals surface area (Å²) in [7, 11) is 0. The van der Waals surface area contributed by atoms with Crippen LogP contribution >= 0.6 is 0 Å². The predicted octanol–water partition coefficient (Wildman–Crippen LogP) is 1.21. The van der Waals surface area contributed by atoms with Crippen LogP contribution in [0.25, 0.3) is 0 Å². The van der Waals surface area contributed by atoms with Gasteiger partial charge in [0.25, 0.3) is 0 Å². The average Bonchev–Trinajstić information content (AvgIpc) is 2.65. The summed E-state index contributed by atoms with van der Waals surface area (Å²) in [5.74, 6) is 0.953. The Morgan fingerprint density at radius 3 is 3.07 bits per heavy atom. The van der Waals surface area contributed by atoms with Crippen LogP contribution in [0.4, 0.5) is 0 Å². The van der Waals surface area contributed by atoms with Crippen LogP contribution in [0.5, 0.6) is 0 Å². The third-order valence-electron chi connectivity index (χ3n) is 3.21. The van der Waals surface area contributed by atoms with Gasteiger partial charge in [0.15, 0.2) is 0 Å². The highest BCUT2D eigenvalue weighted by Gasteiger charge is 2.41. The second kappa shape index (κ2) is 3.38. The lowest BCUT2D eigenvalue weighted by atomic mass is 9.79. The van der Waals surface area contributed by atoms with Gasteiger partial charge >= 0.3 is 5.97 Å². The van der Waals surface area contributed by atoms with Gasteiger partial charge in [-0.1, -0.05) is 0 Å². The van der Waals surface area contributed by atoms with Gasteiger partial charge in [0, 0.05) is 23.9 Å². The molecule has 0 amide bonds. The minimum absolute atomic E-state index is 0.0927. The van der Waals surface area contributed by atoms with Gasteiger partial charge in [-0.2, -0.15) is 0 Å². The van der Waals surface area contributed by atoms with E-state index >= 15 is 0 Å². The summed E-state index contributed by atoms with van der Waals surface area (Å²) >= 11 is 0. The number of hydrogen-bond donors (Lipinski definition) is 2. The normalized spacial score (nSPS) is 24.1. The molecule has 0 aliphatic heterocycles. The van der Waals surface area contributed by atoms with E-state index in [1.807, 2.05) is 13.0 Å². The van der Waals surface area contributed by atoms with Gasteiger partial charge in [0.2, 0.25) is 0 Å². The molecule has 1 aromatic rings. The number of nitrogens with two attached hydrogens (primary N) is 1. The topological polar surface area (TPSA) is 76.5 Å². The standard InChI is InChI=1S/C11H15NO3/c1-7-4-8-9(15-7)2-3-11(8,6-12)5-10(13)14/h4H,2-3,5-6,12H2,1H3,(H,13,14). The zero-order valence-corrected chi connectivity index (χ0v) is 8.75. The number of carboxylic acids is 1. The van der Waals surface area contributed by atoms with Gasteiger partial charge in [-0.05, 0) is 19.4 Å². The Hall–Kier alpha value is -1.29. The fourth-order valence-corrected chi connectivity index (χ4v) is 2.44. The number of furan rings is 1. The molecule has 1 unspecified atom stereocenters. The molecule has 15 heavy (non-hydrogen) atoms. The van der Waals surface area contributed by atoms with Gasteiger partial charge < -0.3 is 15.3 Å². The molecule has 4 nitrogen and oxygen atoms in total. The van der Waals surface area contributed by atoms with Crippen molar-refractivity contribution in [3.8, 4) is 0 Å². The molecular formula is C11H15NO3. The van der Waals surface area contributed by atoms with Crippen LogP contribution in [0.3, 0.4) is 0 Å². The first-order valence-corrected chi connectivity index (χ1v) is 5.09. The molecule has 82 valence electrons. The lowest BCUT2D eigenvalue weighted by molar-refractivity contribution is -0.138. The van der Waals surface area contributed by atoms with Crippen molar-refractivity contribution in [1.82, 2.24) is 0 Å². The maximum absolute atomic E-state index is 10.8. The molecule has 2 rings (SSSR count). The number of hydrogen-bond acceptors (Lipinski definition) is 3. The van der Waals surface area contributed by atoms with E-state index in [-0.39, 0.29) is 6.42 Å². The number of rotatable bonds is 3. The van der Waals surface area contributed by atoms with Crippen molar-refractivity contribution < 1.29 is 14.3 Å². The first kappa shape index (κ1) is 10.2. The van der Waals surface area contributed by atoms with Crippen molar-refractivity contribution in [2.24, 2.45) is 5.73 Å². The number of carboxylic acid groups (broad SMARTS) is 1. The Morgan fingerprint density at radius 2 is 2.47 bits per heavy atom. The van der Waals surface area contributed by atoms with E-state index in [0.717, 1.165) is 29.9 Å². The first-order valence-electron chi connectivity index (χ1n) is 5.09. The molecule has 1 aliphatic rings. The zero-order chi connectivity index (χ0) is 11.1. The highest BCUT2D eigenvalue weighted by molar-refractivity contribution is 5.69. The van der Waals surface area contributed by atoms with Crippen LogP contribution in [0.15, 0.2) is 10.5 Å². The average molecular weight is 209 g/mol. The minimum atomic E-state index is -0.799. The van der Waals surface area contributed by atoms with E-state index in [1.165, 1.54) is 0 Å². The summed E-state index contributed by atoms with van der Waals surface area (Å²) in [4.78, 5) is 10.8. The van der Waals surface area contributed by atoms with Gasteiger partial charge in [0.1, 0.15) is 11.5 Å². The molecule has 0 saturated heterocycles. The van der Waals surface area contributed by atoms with E-state index in [2.05, 4.69) is 0 Å². The van der Waals surface area contributed by atoms with Gasteiger partial charge in [-0.25, -0.2) is 0 Å². The Morgan fingerprint density at radius 1 is 1.73 bits per heavy atom. The molecule has 1 heterocycles. The molecule has 0 fully saturated rings. The smallest absolute Gasteiger partial charge is 0.304 e. The number of fused-ring (bicyclic) bond motifs is 1. The van der Waals surface area contributed by atoms with Crippen molar-refractivity contribution >= 4 is 5.97 Å². The van der Waals surface area contributed by atoms with Crippen LogP contribution in [-0.4, -0.2) is 17.6 Å². The molecule has 0 spiro atoms. The van der Waals surface area contributed by atoms with E-state index in [4.69, 9.17) is 15.3 Å². The van der Waals surface area contributed by atoms with E-state index in [9.17, 15) is 4.79 Å². The molecule has 3 N–H and O–H groups in total. The van der Waals surface area contributed by atoms with Gasteiger partial charge in [0.05, 0.1) is 6.42 Å². The Balaban J connectivity index is 2.39. The van der Waals surface area contributed by atoms with Crippen LogP contribution in [-0.2, 0) is 16.6 Å². The van der Waals surface area contributed by atoms with Crippen LogP contribution < -0.4 is 5.73 Å². The molecule has 0 saturated carbocycles. The summed E-state index contributed by atoms with van der Waals surface area (Å²) in [5.41, 5.74) is 6.34. The molecule has 1 aromatic heterocycles. The third-order valence-corrected chi connectivity index (χ3v) is 3.21. The molecule has 1 aliphatic carbocycles. The predicted molar refractivity (Wildman–Crippen MR) is 54.8 cm³/mol. The molecule has 0 bridgehead atoms. The first-order chi connectivity index (χ1) is 7.07. The van der Waals surface area contributed by atoms with E-state index in [1.54, 1.807) is 0 Å². The third kappa shape index (κ3) is 1.55. The number of aliphatic carboxylic acids is 1. The molecule has 4 heteroatoms. The van der Waals surface area contributed by atoms with Crippen molar-refractivity contribution in [3.63, 3.8) is 0 Å². The maximum Gasteiger partial charge on any atom is 0.304 e. The van der Waals surface area contributed by atoms with Crippen LogP contribution in [0.2, 0.25) is 0 Å². The maximum atomic E-state index is 10.8. The highest BCUT2D eigenvalue weighted by atomic mass is 16.4. The van der Waals surface area contributed by atoms with Gasteiger partial charge in [-0.15, -0.1) is 0 Å². The Kier molecular flexibility index (Phi) is 2.31. The van der Waals surface area contributed by atoms with Gasteiger partial charge in [-0.3, -0.25) is 4.79 Å². The molecular weight excluding hydrogens is 194 g/mol. The summed E-state index contributed by atoms with van der Waals surface area (Å²) in [6, 6.07) is 1.93. The summed E-state index contributed by atoms with van der Waals surface area (Å²) in [5, 5.41) is 8.92. The van der Waals surface area contributed by atoms with Crippen molar-refractivity contribution in [2.45, 2.75) is 31.6 Å². The summed E-state index contributed by atoms with van der Waals surface area (Å²) < 4.78 is 5.52. The molecule has 0 radical (unpaired) electrons. The van der Waals surface area contributed by atoms with E-state index in [0.29, 0.717) is 6.54 Å². The minimum Gasteiger partial charge on any atom is -0.481 e. The highest BCUT2D eigenvalue weighted by Crippen LogP contribution is 2.42. The second-order valence-corrected chi connectivity index (χ2v) is 4.25. The summed E-state index contributed by atoms with van der Waals surface area (Å²) in [6.45, 7) is 2.24. The van der Waals surface area contributed by atoms with Crippen LogP contribution in [0.1, 0.15) is 29.9 Å². The number of carbonyl (C=O) groups is 1.